The van der Waals surface area contributed by atoms with E-state index >= 15 is 0 Å². The average molecular weight is 418 g/mol. The SMILES string of the molecule is Cc1c(-c2ccc(F)cc2)nn2c1NC(=O)C[C@H]2C(=O)Nc1cc(F)c(F)c(F)c1. The minimum absolute atomic E-state index is 0.269. The number of carbonyl (C=O) groups is 2. The number of rotatable bonds is 3. The van der Waals surface area contributed by atoms with E-state index in [0.29, 0.717) is 29.0 Å². The van der Waals surface area contributed by atoms with Gasteiger partial charge in [0.25, 0.3) is 0 Å². The van der Waals surface area contributed by atoms with Crippen molar-refractivity contribution in [1.29, 1.82) is 0 Å². The van der Waals surface area contributed by atoms with Crippen molar-refractivity contribution in [3.63, 3.8) is 0 Å². The molecule has 0 radical (unpaired) electrons. The molecule has 6 nitrogen and oxygen atoms in total. The molecule has 2 aromatic carbocycles. The largest absolute Gasteiger partial charge is 0.324 e. The molecule has 1 aliphatic rings. The predicted molar refractivity (Wildman–Crippen MR) is 99.6 cm³/mol. The van der Waals surface area contributed by atoms with Gasteiger partial charge in [0.15, 0.2) is 17.5 Å². The first-order valence-electron chi connectivity index (χ1n) is 8.85. The van der Waals surface area contributed by atoms with Crippen molar-refractivity contribution in [1.82, 2.24) is 9.78 Å². The van der Waals surface area contributed by atoms with Crippen LogP contribution in [0.2, 0.25) is 0 Å². The second-order valence-corrected chi connectivity index (χ2v) is 6.78. The fourth-order valence-electron chi connectivity index (χ4n) is 3.28. The van der Waals surface area contributed by atoms with Crippen molar-refractivity contribution in [2.75, 3.05) is 10.6 Å². The van der Waals surface area contributed by atoms with Crippen LogP contribution < -0.4 is 10.6 Å². The Morgan fingerprint density at radius 1 is 1.13 bits per heavy atom. The summed E-state index contributed by atoms with van der Waals surface area (Å²) in [7, 11) is 0. The molecule has 2 N–H and O–H groups in total. The summed E-state index contributed by atoms with van der Waals surface area (Å²) >= 11 is 0. The maximum absolute atomic E-state index is 13.4. The topological polar surface area (TPSA) is 76.0 Å². The molecule has 2 amide bonds. The molecule has 1 atom stereocenters. The molecule has 10 heteroatoms. The quantitative estimate of drug-likeness (QED) is 0.500. The van der Waals surface area contributed by atoms with Crippen LogP contribution in [0.5, 0.6) is 0 Å². The Morgan fingerprint density at radius 2 is 1.77 bits per heavy atom. The number of amides is 2. The second kappa shape index (κ2) is 7.29. The molecule has 0 aliphatic carbocycles. The van der Waals surface area contributed by atoms with E-state index in [9.17, 15) is 27.2 Å². The van der Waals surface area contributed by atoms with E-state index in [4.69, 9.17) is 0 Å². The lowest BCUT2D eigenvalue weighted by Gasteiger charge is -2.24. The molecule has 0 bridgehead atoms. The molecule has 2 heterocycles. The van der Waals surface area contributed by atoms with Gasteiger partial charge in [-0.2, -0.15) is 5.10 Å². The lowest BCUT2D eigenvalue weighted by atomic mass is 10.1. The fourth-order valence-corrected chi connectivity index (χ4v) is 3.28. The van der Waals surface area contributed by atoms with Crippen LogP contribution in [0.3, 0.4) is 0 Å². The summed E-state index contributed by atoms with van der Waals surface area (Å²) in [4.78, 5) is 24.9. The van der Waals surface area contributed by atoms with Crippen LogP contribution in [0.4, 0.5) is 29.1 Å². The van der Waals surface area contributed by atoms with Gasteiger partial charge in [-0.25, -0.2) is 22.2 Å². The first-order chi connectivity index (χ1) is 14.2. The molecule has 154 valence electrons. The van der Waals surface area contributed by atoms with E-state index in [1.807, 2.05) is 0 Å². The monoisotopic (exact) mass is 418 g/mol. The highest BCUT2D eigenvalue weighted by atomic mass is 19.2. The molecular formula is C20H14F4N4O2. The Bertz CT molecular complexity index is 1150. The molecule has 0 saturated carbocycles. The smallest absolute Gasteiger partial charge is 0.249 e. The van der Waals surface area contributed by atoms with Crippen molar-refractivity contribution in [2.45, 2.75) is 19.4 Å². The number of fused-ring (bicyclic) bond motifs is 1. The normalized spacial score (nSPS) is 15.5. The summed E-state index contributed by atoms with van der Waals surface area (Å²) in [5, 5.41) is 9.31. The van der Waals surface area contributed by atoms with Crippen LogP contribution in [0.15, 0.2) is 36.4 Å². The van der Waals surface area contributed by atoms with E-state index in [0.717, 1.165) is 0 Å². The first kappa shape index (κ1) is 19.6. The number of carbonyl (C=O) groups excluding carboxylic acids is 2. The van der Waals surface area contributed by atoms with E-state index in [1.54, 1.807) is 6.92 Å². The summed E-state index contributed by atoms with van der Waals surface area (Å²) in [5.74, 6) is -5.93. The van der Waals surface area contributed by atoms with E-state index < -0.39 is 41.1 Å². The number of benzene rings is 2. The zero-order chi connectivity index (χ0) is 21.6. The van der Waals surface area contributed by atoms with Crippen LogP contribution in [0.1, 0.15) is 18.0 Å². The molecule has 3 aromatic rings. The molecule has 1 aromatic heterocycles. The first-order valence-corrected chi connectivity index (χ1v) is 8.85. The number of hydrogen-bond donors (Lipinski definition) is 2. The molecular weight excluding hydrogens is 404 g/mol. The number of nitrogens with zero attached hydrogens (tertiary/aromatic N) is 2. The highest BCUT2D eigenvalue weighted by Gasteiger charge is 2.34. The Labute approximate surface area is 167 Å². The van der Waals surface area contributed by atoms with Gasteiger partial charge in [0.05, 0.1) is 12.1 Å². The second-order valence-electron chi connectivity index (χ2n) is 6.78. The molecule has 0 spiro atoms. The van der Waals surface area contributed by atoms with Crippen LogP contribution in [0.25, 0.3) is 11.3 Å². The average Bonchev–Trinajstić information content (AvgIpc) is 3.02. The number of aromatic nitrogens is 2. The van der Waals surface area contributed by atoms with Gasteiger partial charge in [-0.05, 0) is 31.2 Å². The third kappa shape index (κ3) is 3.40. The van der Waals surface area contributed by atoms with Gasteiger partial charge in [0.1, 0.15) is 17.7 Å². The zero-order valence-electron chi connectivity index (χ0n) is 15.5. The Hall–Kier alpha value is -3.69. The highest BCUT2D eigenvalue weighted by molar-refractivity contribution is 6.02. The summed E-state index contributed by atoms with van der Waals surface area (Å²) in [6.07, 6.45) is -0.269. The van der Waals surface area contributed by atoms with Crippen molar-refractivity contribution in [3.8, 4) is 11.3 Å². The molecule has 30 heavy (non-hydrogen) atoms. The summed E-state index contributed by atoms with van der Waals surface area (Å²) < 4.78 is 54.5. The van der Waals surface area contributed by atoms with Crippen molar-refractivity contribution in [2.24, 2.45) is 0 Å². The van der Waals surface area contributed by atoms with Crippen LogP contribution in [-0.2, 0) is 9.59 Å². The maximum Gasteiger partial charge on any atom is 0.249 e. The van der Waals surface area contributed by atoms with Gasteiger partial charge in [0, 0.05) is 28.9 Å². The fraction of sp³-hybridized carbons (Fsp3) is 0.150. The van der Waals surface area contributed by atoms with Gasteiger partial charge < -0.3 is 10.6 Å². The van der Waals surface area contributed by atoms with E-state index in [1.165, 1.54) is 28.9 Å². The van der Waals surface area contributed by atoms with Crippen molar-refractivity contribution < 1.29 is 27.2 Å². The number of hydrogen-bond acceptors (Lipinski definition) is 3. The number of halogens is 4. The number of nitrogens with one attached hydrogen (secondary N) is 2. The molecule has 0 fully saturated rings. The molecule has 0 saturated heterocycles. The van der Waals surface area contributed by atoms with Gasteiger partial charge in [-0.3, -0.25) is 9.59 Å². The van der Waals surface area contributed by atoms with Gasteiger partial charge in [0.2, 0.25) is 11.8 Å². The highest BCUT2D eigenvalue weighted by Crippen LogP contribution is 2.34. The number of anilines is 2. The maximum atomic E-state index is 13.4. The summed E-state index contributed by atoms with van der Waals surface area (Å²) in [6, 6.07) is 5.70. The Balaban J connectivity index is 1.69. The van der Waals surface area contributed by atoms with Crippen molar-refractivity contribution >= 4 is 23.3 Å². The Morgan fingerprint density at radius 3 is 2.40 bits per heavy atom. The Kier molecular flexibility index (Phi) is 4.76. The van der Waals surface area contributed by atoms with E-state index in [2.05, 4.69) is 15.7 Å². The third-order valence-corrected chi connectivity index (χ3v) is 4.75. The molecule has 1 aliphatic heterocycles. The molecule has 4 rings (SSSR count). The van der Waals surface area contributed by atoms with Crippen LogP contribution in [0, 0.1) is 30.2 Å². The van der Waals surface area contributed by atoms with Crippen LogP contribution >= 0.6 is 0 Å². The minimum Gasteiger partial charge on any atom is -0.324 e. The standard InChI is InChI=1S/C20H14F4N4O2/c1-9-18(10-2-4-11(21)5-3-10)27-28-15(8-16(29)26-19(9)28)20(30)25-12-6-13(22)17(24)14(23)7-12/h2-7,15H,8H2,1H3,(H,25,30)(H,26,29)/t15-/m0/s1. The lowest BCUT2D eigenvalue weighted by molar-refractivity contribution is -0.125. The van der Waals surface area contributed by atoms with E-state index in [-0.39, 0.29) is 17.9 Å². The summed E-state index contributed by atoms with van der Waals surface area (Å²) in [5.41, 5.74) is 1.27. The van der Waals surface area contributed by atoms with Crippen LogP contribution in [-0.4, -0.2) is 21.6 Å². The summed E-state index contributed by atoms with van der Waals surface area (Å²) in [6.45, 7) is 1.68. The van der Waals surface area contributed by atoms with Crippen molar-refractivity contribution in [3.05, 3.63) is 65.2 Å². The minimum atomic E-state index is -1.65. The molecule has 0 unspecified atom stereocenters. The van der Waals surface area contributed by atoms with Gasteiger partial charge in [-0.1, -0.05) is 0 Å². The van der Waals surface area contributed by atoms with Gasteiger partial charge >= 0.3 is 0 Å². The lowest BCUT2D eigenvalue weighted by Crippen LogP contribution is -2.36. The van der Waals surface area contributed by atoms with Gasteiger partial charge in [-0.15, -0.1) is 0 Å². The predicted octanol–water partition coefficient (Wildman–Crippen LogP) is 3.94. The zero-order valence-corrected chi connectivity index (χ0v) is 15.5. The third-order valence-electron chi connectivity index (χ3n) is 4.75.